The lowest BCUT2D eigenvalue weighted by molar-refractivity contribution is -0.119. The number of imidazole rings is 1. The molecule has 1 unspecified atom stereocenters. The number of hydrogen-bond donors (Lipinski definition) is 2. The molecule has 9 heteroatoms. The highest BCUT2D eigenvalue weighted by Gasteiger charge is 2.47. The molecule has 2 aliphatic heterocycles. The fraction of sp³-hybridized carbons (Fsp3) is 0.385. The van der Waals surface area contributed by atoms with Gasteiger partial charge in [-0.1, -0.05) is 19.1 Å². The Morgan fingerprint density at radius 1 is 1.26 bits per heavy atom. The minimum Gasteiger partial charge on any atom is -0.334 e. The molecule has 4 atom stereocenters. The first kappa shape index (κ1) is 20.6. The van der Waals surface area contributed by atoms with E-state index >= 15 is 0 Å². The van der Waals surface area contributed by atoms with Gasteiger partial charge in [0.25, 0.3) is 5.91 Å². The van der Waals surface area contributed by atoms with Crippen molar-refractivity contribution in [2.45, 2.75) is 51.2 Å². The van der Waals surface area contributed by atoms with E-state index in [1.807, 2.05) is 36.9 Å². The molecule has 1 saturated carbocycles. The maximum Gasteiger partial charge on any atom is 0.255 e. The fourth-order valence-corrected chi connectivity index (χ4v) is 6.45. The van der Waals surface area contributed by atoms with Gasteiger partial charge in [0, 0.05) is 24.0 Å². The summed E-state index contributed by atoms with van der Waals surface area (Å²) < 4.78 is 3.87. The Morgan fingerprint density at radius 2 is 2.11 bits per heavy atom. The third-order valence-electron chi connectivity index (χ3n) is 8.22. The number of nitrogens with one attached hydrogen (secondary N) is 1. The van der Waals surface area contributed by atoms with Gasteiger partial charge in [-0.25, -0.2) is 9.50 Å². The highest BCUT2D eigenvalue weighted by molar-refractivity contribution is 6.08. The second-order valence-corrected chi connectivity index (χ2v) is 10.1. The standard InChI is InChI=1S/C26H27N7O2/c1-3-18-25(34)29-17-6-4-5-14-9-20(32(18)24(14)17)23-13(2)33-21(30-23)10-16(11-28-33)26(35)31-12-15-7-8-19(31)22(15)27/h4-6,9-11,15,18-19,22H,3,7-8,12,27H2,1-2H3,(H,29,34)/t15-,18?,19-,22-/m1/s1. The maximum absolute atomic E-state index is 13.3. The normalized spacial score (nSPS) is 25.1. The Bertz CT molecular complexity index is 1550. The Labute approximate surface area is 201 Å². The SMILES string of the molecule is CCC1C(=O)Nc2cccc3cc(-c4nc5cc(C(=O)N6C[C@H]7CC[C@@H]6[C@@H]7N)cnn5c4C)n1c23. The fourth-order valence-electron chi connectivity index (χ4n) is 6.45. The average molecular weight is 470 g/mol. The van der Waals surface area contributed by atoms with Crippen molar-refractivity contribution in [3.63, 3.8) is 0 Å². The maximum atomic E-state index is 13.3. The van der Waals surface area contributed by atoms with Crippen LogP contribution in [0.5, 0.6) is 0 Å². The van der Waals surface area contributed by atoms with Crippen LogP contribution in [0.4, 0.5) is 5.69 Å². The number of carbonyl (C=O) groups is 2. The van der Waals surface area contributed by atoms with Crippen LogP contribution in [-0.4, -0.2) is 54.5 Å². The van der Waals surface area contributed by atoms with Crippen molar-refractivity contribution in [3.05, 3.63) is 47.8 Å². The molecular formula is C26H27N7O2. The largest absolute Gasteiger partial charge is 0.334 e. The van der Waals surface area contributed by atoms with Crippen LogP contribution in [0.25, 0.3) is 27.9 Å². The molecule has 0 radical (unpaired) electrons. The van der Waals surface area contributed by atoms with Gasteiger partial charge in [0.05, 0.1) is 34.4 Å². The molecule has 3 aliphatic rings. The molecule has 0 spiro atoms. The summed E-state index contributed by atoms with van der Waals surface area (Å²) in [4.78, 5) is 33.0. The van der Waals surface area contributed by atoms with Crippen molar-refractivity contribution < 1.29 is 9.59 Å². The number of fused-ring (bicyclic) bond motifs is 3. The first-order valence-corrected chi connectivity index (χ1v) is 12.3. The van der Waals surface area contributed by atoms with Gasteiger partial charge in [0.15, 0.2) is 5.65 Å². The van der Waals surface area contributed by atoms with Gasteiger partial charge in [0.1, 0.15) is 11.7 Å². The molecule has 7 rings (SSSR count). The Kier molecular flexibility index (Phi) is 4.21. The molecule has 35 heavy (non-hydrogen) atoms. The van der Waals surface area contributed by atoms with Crippen molar-refractivity contribution in [2.24, 2.45) is 11.7 Å². The van der Waals surface area contributed by atoms with Gasteiger partial charge in [-0.15, -0.1) is 0 Å². The number of nitrogens with zero attached hydrogens (tertiary/aromatic N) is 5. The van der Waals surface area contributed by atoms with E-state index in [2.05, 4.69) is 27.1 Å². The van der Waals surface area contributed by atoms with Gasteiger partial charge >= 0.3 is 0 Å². The number of para-hydroxylation sites is 1. The summed E-state index contributed by atoms with van der Waals surface area (Å²) in [5.74, 6) is 0.353. The first-order valence-electron chi connectivity index (χ1n) is 12.3. The molecule has 2 bridgehead atoms. The Hall–Kier alpha value is -3.72. The zero-order valence-corrected chi connectivity index (χ0v) is 19.7. The Balaban J connectivity index is 1.34. The van der Waals surface area contributed by atoms with E-state index in [9.17, 15) is 9.59 Å². The third-order valence-corrected chi connectivity index (χ3v) is 8.22. The lowest BCUT2D eigenvalue weighted by atomic mass is 10.1. The van der Waals surface area contributed by atoms with Crippen molar-refractivity contribution in [2.75, 3.05) is 11.9 Å². The van der Waals surface area contributed by atoms with E-state index in [1.54, 1.807) is 10.7 Å². The molecule has 1 aromatic carbocycles. The van der Waals surface area contributed by atoms with Gasteiger partial charge in [-0.3, -0.25) is 9.59 Å². The van der Waals surface area contributed by atoms with Gasteiger partial charge in [-0.05, 0) is 50.3 Å². The second kappa shape index (κ2) is 7.14. The molecule has 2 amide bonds. The summed E-state index contributed by atoms with van der Waals surface area (Å²) >= 11 is 0. The highest BCUT2D eigenvalue weighted by atomic mass is 16.2. The number of nitrogens with two attached hydrogens (primary N) is 1. The molecule has 2 fully saturated rings. The number of benzene rings is 1. The zero-order chi connectivity index (χ0) is 24.0. The van der Waals surface area contributed by atoms with Gasteiger partial charge < -0.3 is 20.5 Å². The lowest BCUT2D eigenvalue weighted by Crippen LogP contribution is -2.41. The summed E-state index contributed by atoms with van der Waals surface area (Å²) in [6, 6.07) is 9.71. The number of piperidine rings is 1. The van der Waals surface area contributed by atoms with Crippen LogP contribution in [0.1, 0.15) is 48.3 Å². The van der Waals surface area contributed by atoms with E-state index in [4.69, 9.17) is 10.7 Å². The molecule has 1 saturated heterocycles. The highest BCUT2D eigenvalue weighted by Crippen LogP contribution is 2.40. The Morgan fingerprint density at radius 3 is 2.86 bits per heavy atom. The number of carbonyl (C=O) groups excluding carboxylic acids is 2. The quantitative estimate of drug-likeness (QED) is 0.479. The second-order valence-electron chi connectivity index (χ2n) is 10.1. The number of likely N-dealkylation sites (tertiary alicyclic amines) is 1. The third kappa shape index (κ3) is 2.72. The van der Waals surface area contributed by atoms with E-state index in [-0.39, 0.29) is 29.9 Å². The van der Waals surface area contributed by atoms with E-state index in [1.165, 1.54) is 0 Å². The summed E-state index contributed by atoms with van der Waals surface area (Å²) in [5, 5.41) is 8.68. The summed E-state index contributed by atoms with van der Waals surface area (Å²) in [7, 11) is 0. The molecule has 178 valence electrons. The number of amides is 2. The van der Waals surface area contributed by atoms with Gasteiger partial charge in [0.2, 0.25) is 5.91 Å². The average Bonchev–Trinajstić information content (AvgIpc) is 3.60. The summed E-state index contributed by atoms with van der Waals surface area (Å²) in [5.41, 5.74) is 11.8. The predicted molar refractivity (Wildman–Crippen MR) is 132 cm³/mol. The lowest BCUT2D eigenvalue weighted by Gasteiger charge is -2.27. The molecule has 5 heterocycles. The van der Waals surface area contributed by atoms with Crippen LogP contribution in [0.3, 0.4) is 0 Å². The number of aryl methyl sites for hydroxylation is 1. The van der Waals surface area contributed by atoms with Crippen LogP contribution in [0.2, 0.25) is 0 Å². The molecule has 9 nitrogen and oxygen atoms in total. The van der Waals surface area contributed by atoms with E-state index < -0.39 is 0 Å². The molecule has 4 aromatic rings. The molecule has 3 N–H and O–H groups in total. The monoisotopic (exact) mass is 469 g/mol. The first-order chi connectivity index (χ1) is 17.0. The van der Waals surface area contributed by atoms with E-state index in [0.29, 0.717) is 23.5 Å². The van der Waals surface area contributed by atoms with E-state index in [0.717, 1.165) is 53.1 Å². The number of hydrogen-bond acceptors (Lipinski definition) is 5. The number of anilines is 1. The minimum absolute atomic E-state index is 0.0181. The number of aromatic nitrogens is 4. The predicted octanol–water partition coefficient (Wildman–Crippen LogP) is 3.12. The minimum atomic E-state index is -0.318. The topological polar surface area (TPSA) is 111 Å². The molecule has 1 aliphatic carbocycles. The molecular weight excluding hydrogens is 442 g/mol. The van der Waals surface area contributed by atoms with Crippen LogP contribution < -0.4 is 11.1 Å². The summed E-state index contributed by atoms with van der Waals surface area (Å²) in [6.07, 6.45) is 4.37. The molecule has 3 aromatic heterocycles. The van der Waals surface area contributed by atoms with Crippen LogP contribution in [-0.2, 0) is 4.79 Å². The van der Waals surface area contributed by atoms with Crippen molar-refractivity contribution in [1.82, 2.24) is 24.1 Å². The van der Waals surface area contributed by atoms with Crippen molar-refractivity contribution >= 4 is 34.1 Å². The smallest absolute Gasteiger partial charge is 0.255 e. The van der Waals surface area contributed by atoms with Crippen molar-refractivity contribution in [3.8, 4) is 11.4 Å². The van der Waals surface area contributed by atoms with Crippen LogP contribution in [0.15, 0.2) is 36.5 Å². The number of rotatable bonds is 3. The van der Waals surface area contributed by atoms with Crippen molar-refractivity contribution in [1.29, 1.82) is 0 Å². The van der Waals surface area contributed by atoms with Crippen LogP contribution >= 0.6 is 0 Å². The summed E-state index contributed by atoms with van der Waals surface area (Å²) in [6.45, 7) is 4.70. The van der Waals surface area contributed by atoms with Crippen LogP contribution in [0, 0.1) is 12.8 Å². The zero-order valence-electron chi connectivity index (χ0n) is 19.7. The van der Waals surface area contributed by atoms with Gasteiger partial charge in [-0.2, -0.15) is 5.10 Å².